The van der Waals surface area contributed by atoms with Crippen molar-refractivity contribution in [3.63, 3.8) is 0 Å². The number of ketones is 1. The van der Waals surface area contributed by atoms with E-state index in [9.17, 15) is 4.79 Å². The van der Waals surface area contributed by atoms with Crippen LogP contribution in [0.25, 0.3) is 0 Å². The van der Waals surface area contributed by atoms with Crippen molar-refractivity contribution in [2.24, 2.45) is 11.3 Å². The number of piperidine rings is 1. The number of methoxy groups -OCH3 is 2. The molecule has 1 aromatic carbocycles. The maximum Gasteiger partial charge on any atom is 0.161 e. The van der Waals surface area contributed by atoms with Gasteiger partial charge in [-0.2, -0.15) is 0 Å². The molecule has 0 bridgehead atoms. The Morgan fingerprint density at radius 2 is 1.92 bits per heavy atom. The molecule has 0 N–H and O–H groups in total. The first kappa shape index (κ1) is 14.8. The summed E-state index contributed by atoms with van der Waals surface area (Å²) >= 11 is 0. The van der Waals surface area contributed by atoms with Gasteiger partial charge in [0.2, 0.25) is 0 Å². The average Bonchev–Trinajstić information content (AvgIpc) is 2.56. The standard InChI is InChI=1S/C20H29NO3/c1-20(2,3)11-14-12-21-7-6-13-8-18(23-4)19(24-5)9-15(13)16(21)10-17(14)22/h8-9,14,16H,6-7,10-12H2,1-5H3/t14-,16-/m0/s1/i12D2. The minimum atomic E-state index is -1.64. The van der Waals surface area contributed by atoms with E-state index in [0.717, 1.165) is 17.5 Å². The summed E-state index contributed by atoms with van der Waals surface area (Å²) in [6.45, 7) is 5.15. The highest BCUT2D eigenvalue weighted by Crippen LogP contribution is 2.43. The van der Waals surface area contributed by atoms with Gasteiger partial charge in [0.25, 0.3) is 0 Å². The van der Waals surface area contributed by atoms with Crippen molar-refractivity contribution in [1.29, 1.82) is 0 Å². The maximum atomic E-state index is 12.9. The monoisotopic (exact) mass is 333 g/mol. The first-order valence-electron chi connectivity index (χ1n) is 9.62. The summed E-state index contributed by atoms with van der Waals surface area (Å²) in [6, 6.07) is 3.64. The van der Waals surface area contributed by atoms with Crippen molar-refractivity contribution >= 4 is 5.78 Å². The molecule has 0 unspecified atom stereocenters. The van der Waals surface area contributed by atoms with Crippen LogP contribution < -0.4 is 9.47 Å². The van der Waals surface area contributed by atoms with E-state index in [1.54, 1.807) is 14.2 Å². The van der Waals surface area contributed by atoms with Crippen molar-refractivity contribution in [3.05, 3.63) is 23.3 Å². The second kappa shape index (κ2) is 6.40. The van der Waals surface area contributed by atoms with Gasteiger partial charge in [0.05, 0.1) is 14.2 Å². The Morgan fingerprint density at radius 3 is 2.54 bits per heavy atom. The van der Waals surface area contributed by atoms with Crippen molar-refractivity contribution < 1.29 is 17.0 Å². The van der Waals surface area contributed by atoms with Crippen LogP contribution in [-0.4, -0.2) is 37.9 Å². The molecule has 1 saturated heterocycles. The zero-order valence-electron chi connectivity index (χ0n) is 17.3. The molecule has 0 amide bonds. The van der Waals surface area contributed by atoms with Gasteiger partial charge in [-0.25, -0.2) is 0 Å². The molecule has 4 heteroatoms. The van der Waals surface area contributed by atoms with E-state index in [1.165, 1.54) is 0 Å². The summed E-state index contributed by atoms with van der Waals surface area (Å²) in [7, 11) is 3.20. The molecule has 132 valence electrons. The predicted molar refractivity (Wildman–Crippen MR) is 94.8 cm³/mol. The van der Waals surface area contributed by atoms with E-state index in [2.05, 4.69) is 20.8 Å². The lowest BCUT2D eigenvalue weighted by Gasteiger charge is -2.44. The minimum Gasteiger partial charge on any atom is -0.493 e. The summed E-state index contributed by atoms with van der Waals surface area (Å²) in [5.41, 5.74) is 2.01. The fraction of sp³-hybridized carbons (Fsp3) is 0.650. The Balaban J connectivity index is 2.00. The highest BCUT2D eigenvalue weighted by molar-refractivity contribution is 5.83. The number of hydrogen-bond donors (Lipinski definition) is 0. The molecule has 4 nitrogen and oxygen atoms in total. The Kier molecular flexibility index (Phi) is 3.93. The Bertz CT molecular complexity index is 712. The van der Waals surface area contributed by atoms with E-state index in [-0.39, 0.29) is 17.2 Å². The normalized spacial score (nSPS) is 27.6. The van der Waals surface area contributed by atoms with Crippen molar-refractivity contribution in [1.82, 2.24) is 4.90 Å². The Hall–Kier alpha value is -1.55. The predicted octanol–water partition coefficient (Wildman–Crippen LogP) is 3.63. The van der Waals surface area contributed by atoms with Gasteiger partial charge in [-0.3, -0.25) is 9.69 Å². The molecule has 24 heavy (non-hydrogen) atoms. The first-order chi connectivity index (χ1) is 12.1. The van der Waals surface area contributed by atoms with Crippen LogP contribution in [0.2, 0.25) is 0 Å². The van der Waals surface area contributed by atoms with Crippen LogP contribution >= 0.6 is 0 Å². The second-order valence-electron chi connectivity index (χ2n) is 7.98. The van der Waals surface area contributed by atoms with Gasteiger partial charge in [-0.1, -0.05) is 20.8 Å². The number of ether oxygens (including phenoxy) is 2. The molecule has 2 aliphatic rings. The number of nitrogens with zero attached hydrogens (tertiary/aromatic N) is 1. The third-order valence-corrected chi connectivity index (χ3v) is 4.92. The lowest BCUT2D eigenvalue weighted by Crippen LogP contribution is -2.47. The van der Waals surface area contributed by atoms with Gasteiger partial charge in [-0.15, -0.1) is 0 Å². The highest BCUT2D eigenvalue weighted by atomic mass is 16.5. The topological polar surface area (TPSA) is 38.8 Å². The number of rotatable bonds is 3. The fourth-order valence-corrected chi connectivity index (χ4v) is 3.78. The third kappa shape index (κ3) is 3.30. The maximum absolute atomic E-state index is 12.9. The quantitative estimate of drug-likeness (QED) is 0.847. The van der Waals surface area contributed by atoms with Gasteiger partial charge in [0, 0.05) is 34.2 Å². The average molecular weight is 333 g/mol. The number of carbonyl (C=O) groups is 1. The molecule has 2 atom stereocenters. The van der Waals surface area contributed by atoms with Crippen molar-refractivity contribution in [2.45, 2.75) is 46.1 Å². The number of carbonyl (C=O) groups excluding carboxylic acids is 1. The minimum absolute atomic E-state index is 0.0220. The summed E-state index contributed by atoms with van der Waals surface area (Å²) < 4.78 is 28.3. The lowest BCUT2D eigenvalue weighted by molar-refractivity contribution is -0.130. The SMILES string of the molecule is [2H]C1([2H])[C@H](CC(C)(C)C)C(=O)C[C@H]2c3cc(OC)c(OC)cc3CCN21. The molecule has 0 aliphatic carbocycles. The van der Waals surface area contributed by atoms with Crippen LogP contribution in [0.1, 0.15) is 53.5 Å². The largest absolute Gasteiger partial charge is 0.493 e. The van der Waals surface area contributed by atoms with Gasteiger partial charge in [0.15, 0.2) is 11.5 Å². The number of hydrogen-bond acceptors (Lipinski definition) is 4. The smallest absolute Gasteiger partial charge is 0.161 e. The van der Waals surface area contributed by atoms with Gasteiger partial charge in [0.1, 0.15) is 5.78 Å². The van der Waals surface area contributed by atoms with Gasteiger partial charge < -0.3 is 9.47 Å². The summed E-state index contributed by atoms with van der Waals surface area (Å²) in [5, 5.41) is 0. The molecule has 0 radical (unpaired) electrons. The van der Waals surface area contributed by atoms with E-state index >= 15 is 0 Å². The van der Waals surface area contributed by atoms with Crippen molar-refractivity contribution in [3.8, 4) is 11.5 Å². The zero-order valence-corrected chi connectivity index (χ0v) is 15.3. The molecular formula is C20H29NO3. The molecule has 1 aromatic rings. The van der Waals surface area contributed by atoms with E-state index in [0.29, 0.717) is 30.9 Å². The van der Waals surface area contributed by atoms with E-state index in [4.69, 9.17) is 12.2 Å². The summed E-state index contributed by atoms with van der Waals surface area (Å²) in [4.78, 5) is 14.8. The fourth-order valence-electron chi connectivity index (χ4n) is 3.78. The molecule has 3 rings (SSSR count). The lowest BCUT2D eigenvalue weighted by atomic mass is 9.76. The van der Waals surface area contributed by atoms with Gasteiger partial charge >= 0.3 is 0 Å². The summed E-state index contributed by atoms with van der Waals surface area (Å²) in [6.07, 6.45) is 1.64. The van der Waals surface area contributed by atoms with Gasteiger partial charge in [-0.05, 0) is 41.5 Å². The molecular weight excluding hydrogens is 302 g/mol. The third-order valence-electron chi connectivity index (χ3n) is 4.92. The van der Waals surface area contributed by atoms with Crippen LogP contribution in [0.15, 0.2) is 12.1 Å². The number of Topliss-reactive ketones (excluding diaryl/α,β-unsaturated/α-hetero) is 1. The van der Waals surface area contributed by atoms with Crippen LogP contribution in [0, 0.1) is 11.3 Å². The molecule has 0 spiro atoms. The van der Waals surface area contributed by atoms with Crippen LogP contribution in [0.5, 0.6) is 11.5 Å². The summed E-state index contributed by atoms with van der Waals surface area (Å²) in [5.74, 6) is 0.739. The van der Waals surface area contributed by atoms with Crippen LogP contribution in [-0.2, 0) is 11.2 Å². The van der Waals surface area contributed by atoms with E-state index in [1.807, 2.05) is 17.0 Å². The van der Waals surface area contributed by atoms with Crippen molar-refractivity contribution in [2.75, 3.05) is 27.3 Å². The van der Waals surface area contributed by atoms with E-state index < -0.39 is 12.4 Å². The molecule has 0 aromatic heterocycles. The highest BCUT2D eigenvalue weighted by Gasteiger charge is 2.39. The second-order valence-corrected chi connectivity index (χ2v) is 7.98. The number of benzene rings is 1. The molecule has 2 heterocycles. The Morgan fingerprint density at radius 1 is 1.25 bits per heavy atom. The van der Waals surface area contributed by atoms with Crippen LogP contribution in [0.3, 0.4) is 0 Å². The molecule has 2 aliphatic heterocycles. The van der Waals surface area contributed by atoms with Crippen LogP contribution in [0.4, 0.5) is 0 Å². The zero-order chi connectivity index (χ0) is 19.3. The molecule has 0 saturated carbocycles. The Labute approximate surface area is 147 Å². The first-order valence-corrected chi connectivity index (χ1v) is 8.62. The number of fused-ring (bicyclic) bond motifs is 3. The molecule has 1 fully saturated rings.